The standard InChI is InChI=1S/C19H21N3O2/c1-15(24-17-8-3-2-4-9-17)19(23)21-12-6-13-22-14-10-16-7-5-11-20-18(16)22/h2-5,7-11,14-15H,6,12-13H2,1H3,(H,21,23)/t15-/m0/s1. The molecule has 0 saturated heterocycles. The van der Waals surface area contributed by atoms with E-state index in [9.17, 15) is 4.79 Å². The average Bonchev–Trinajstić information content (AvgIpc) is 3.02. The molecule has 0 fully saturated rings. The number of hydrogen-bond acceptors (Lipinski definition) is 3. The van der Waals surface area contributed by atoms with Crippen LogP contribution in [0.15, 0.2) is 60.9 Å². The summed E-state index contributed by atoms with van der Waals surface area (Å²) in [7, 11) is 0. The van der Waals surface area contributed by atoms with Crippen molar-refractivity contribution in [2.24, 2.45) is 0 Å². The van der Waals surface area contributed by atoms with Crippen molar-refractivity contribution in [1.82, 2.24) is 14.9 Å². The normalized spacial score (nSPS) is 12.0. The Balaban J connectivity index is 1.43. The van der Waals surface area contributed by atoms with Crippen molar-refractivity contribution >= 4 is 16.9 Å². The molecule has 1 N–H and O–H groups in total. The Morgan fingerprint density at radius 2 is 2.04 bits per heavy atom. The van der Waals surface area contributed by atoms with Gasteiger partial charge in [0.2, 0.25) is 0 Å². The average molecular weight is 323 g/mol. The van der Waals surface area contributed by atoms with Crippen molar-refractivity contribution in [3.8, 4) is 5.75 Å². The summed E-state index contributed by atoms with van der Waals surface area (Å²) in [6.07, 6.45) is 4.15. The van der Waals surface area contributed by atoms with E-state index in [0.29, 0.717) is 12.3 Å². The van der Waals surface area contributed by atoms with Crippen LogP contribution in [0.1, 0.15) is 13.3 Å². The quantitative estimate of drug-likeness (QED) is 0.680. The first-order valence-electron chi connectivity index (χ1n) is 8.13. The lowest BCUT2D eigenvalue weighted by atomic mass is 10.3. The molecule has 24 heavy (non-hydrogen) atoms. The smallest absolute Gasteiger partial charge is 0.260 e. The number of ether oxygens (including phenoxy) is 1. The summed E-state index contributed by atoms with van der Waals surface area (Å²) in [5.74, 6) is 0.597. The number of amides is 1. The van der Waals surface area contributed by atoms with Gasteiger partial charge in [0, 0.05) is 30.9 Å². The van der Waals surface area contributed by atoms with Gasteiger partial charge in [0.15, 0.2) is 6.10 Å². The molecule has 0 bridgehead atoms. The summed E-state index contributed by atoms with van der Waals surface area (Å²) >= 11 is 0. The predicted octanol–water partition coefficient (Wildman–Crippen LogP) is 3.01. The highest BCUT2D eigenvalue weighted by Crippen LogP contribution is 2.13. The number of nitrogens with one attached hydrogen (secondary N) is 1. The number of aryl methyl sites for hydroxylation is 1. The van der Waals surface area contributed by atoms with Crippen molar-refractivity contribution in [2.75, 3.05) is 6.54 Å². The number of para-hydroxylation sites is 1. The van der Waals surface area contributed by atoms with E-state index in [-0.39, 0.29) is 5.91 Å². The topological polar surface area (TPSA) is 56.1 Å². The highest BCUT2D eigenvalue weighted by atomic mass is 16.5. The molecule has 0 saturated carbocycles. The molecule has 1 aromatic carbocycles. The van der Waals surface area contributed by atoms with E-state index in [1.807, 2.05) is 48.7 Å². The SMILES string of the molecule is C[C@H](Oc1ccccc1)C(=O)NCCCn1ccc2cccnc21. The number of pyridine rings is 1. The summed E-state index contributed by atoms with van der Waals surface area (Å²) in [4.78, 5) is 16.5. The lowest BCUT2D eigenvalue weighted by Gasteiger charge is -2.14. The van der Waals surface area contributed by atoms with E-state index in [0.717, 1.165) is 24.0 Å². The number of aromatic nitrogens is 2. The fraction of sp³-hybridized carbons (Fsp3) is 0.263. The largest absolute Gasteiger partial charge is 0.481 e. The molecule has 124 valence electrons. The maximum atomic E-state index is 12.1. The second kappa shape index (κ2) is 7.64. The molecule has 1 atom stereocenters. The second-order valence-electron chi connectivity index (χ2n) is 5.64. The third-order valence-corrected chi connectivity index (χ3v) is 3.82. The Hall–Kier alpha value is -2.82. The van der Waals surface area contributed by atoms with Crippen molar-refractivity contribution in [3.63, 3.8) is 0 Å². The molecule has 0 aliphatic rings. The van der Waals surface area contributed by atoms with Crippen LogP contribution in [0.5, 0.6) is 5.75 Å². The highest BCUT2D eigenvalue weighted by Gasteiger charge is 2.13. The third-order valence-electron chi connectivity index (χ3n) is 3.82. The van der Waals surface area contributed by atoms with Gasteiger partial charge in [-0.25, -0.2) is 4.98 Å². The lowest BCUT2D eigenvalue weighted by Crippen LogP contribution is -2.37. The third kappa shape index (κ3) is 3.93. The number of hydrogen-bond donors (Lipinski definition) is 1. The molecule has 2 aromatic heterocycles. The second-order valence-corrected chi connectivity index (χ2v) is 5.64. The Bertz CT molecular complexity index is 798. The zero-order chi connectivity index (χ0) is 16.8. The maximum absolute atomic E-state index is 12.1. The molecule has 2 heterocycles. The Kier molecular flexibility index (Phi) is 5.11. The van der Waals surface area contributed by atoms with Crippen LogP contribution in [-0.2, 0) is 11.3 Å². The van der Waals surface area contributed by atoms with Gasteiger partial charge < -0.3 is 14.6 Å². The minimum Gasteiger partial charge on any atom is -0.481 e. The highest BCUT2D eigenvalue weighted by molar-refractivity contribution is 5.80. The molecule has 0 spiro atoms. The zero-order valence-electron chi connectivity index (χ0n) is 13.7. The van der Waals surface area contributed by atoms with Crippen molar-refractivity contribution in [2.45, 2.75) is 26.0 Å². The predicted molar refractivity (Wildman–Crippen MR) is 93.9 cm³/mol. The molecular formula is C19H21N3O2. The first-order chi connectivity index (χ1) is 11.7. The zero-order valence-corrected chi connectivity index (χ0v) is 13.7. The van der Waals surface area contributed by atoms with Crippen LogP contribution < -0.4 is 10.1 Å². The van der Waals surface area contributed by atoms with E-state index in [2.05, 4.69) is 20.9 Å². The lowest BCUT2D eigenvalue weighted by molar-refractivity contribution is -0.127. The van der Waals surface area contributed by atoms with Gasteiger partial charge in [0.05, 0.1) is 0 Å². The number of carbonyl (C=O) groups excluding carboxylic acids is 1. The van der Waals surface area contributed by atoms with Crippen molar-refractivity contribution < 1.29 is 9.53 Å². The first kappa shape index (κ1) is 16.1. The summed E-state index contributed by atoms with van der Waals surface area (Å²) in [5.41, 5.74) is 0.976. The molecule has 0 radical (unpaired) electrons. The van der Waals surface area contributed by atoms with Crippen LogP contribution in [0.4, 0.5) is 0 Å². The molecule has 0 aliphatic heterocycles. The van der Waals surface area contributed by atoms with Gasteiger partial charge >= 0.3 is 0 Å². The number of rotatable bonds is 7. The number of nitrogens with zero attached hydrogens (tertiary/aromatic N) is 2. The molecular weight excluding hydrogens is 302 g/mol. The molecule has 1 amide bonds. The van der Waals surface area contributed by atoms with Crippen molar-refractivity contribution in [3.05, 3.63) is 60.9 Å². The summed E-state index contributed by atoms with van der Waals surface area (Å²) in [6, 6.07) is 15.4. The van der Waals surface area contributed by atoms with Gasteiger partial charge in [-0.15, -0.1) is 0 Å². The minimum absolute atomic E-state index is 0.102. The Labute approximate surface area is 141 Å². The number of benzene rings is 1. The van der Waals surface area contributed by atoms with Crippen LogP contribution in [0.3, 0.4) is 0 Å². The minimum atomic E-state index is -0.513. The van der Waals surface area contributed by atoms with Gasteiger partial charge in [-0.3, -0.25) is 4.79 Å². The van der Waals surface area contributed by atoms with E-state index in [4.69, 9.17) is 4.74 Å². The van der Waals surface area contributed by atoms with Crippen LogP contribution in [0.25, 0.3) is 11.0 Å². The molecule has 0 aliphatic carbocycles. The monoisotopic (exact) mass is 323 g/mol. The van der Waals surface area contributed by atoms with Gasteiger partial charge in [-0.05, 0) is 43.7 Å². The molecule has 0 unspecified atom stereocenters. The summed E-state index contributed by atoms with van der Waals surface area (Å²) < 4.78 is 7.71. The van der Waals surface area contributed by atoms with E-state index in [1.165, 1.54) is 0 Å². The van der Waals surface area contributed by atoms with Gasteiger partial charge in [-0.1, -0.05) is 18.2 Å². The van der Waals surface area contributed by atoms with E-state index >= 15 is 0 Å². The van der Waals surface area contributed by atoms with Crippen LogP contribution in [0, 0.1) is 0 Å². The van der Waals surface area contributed by atoms with Crippen LogP contribution in [0.2, 0.25) is 0 Å². The molecule has 3 rings (SSSR count). The summed E-state index contributed by atoms with van der Waals surface area (Å²) in [6.45, 7) is 3.17. The molecule has 3 aromatic rings. The number of fused-ring (bicyclic) bond motifs is 1. The van der Waals surface area contributed by atoms with Gasteiger partial charge in [-0.2, -0.15) is 0 Å². The maximum Gasteiger partial charge on any atom is 0.260 e. The number of carbonyl (C=O) groups is 1. The Morgan fingerprint density at radius 3 is 2.88 bits per heavy atom. The summed E-state index contributed by atoms with van der Waals surface area (Å²) in [5, 5.41) is 4.05. The van der Waals surface area contributed by atoms with Crippen LogP contribution in [-0.4, -0.2) is 28.1 Å². The van der Waals surface area contributed by atoms with Gasteiger partial charge in [0.1, 0.15) is 11.4 Å². The fourth-order valence-corrected chi connectivity index (χ4v) is 2.56. The fourth-order valence-electron chi connectivity index (χ4n) is 2.56. The first-order valence-corrected chi connectivity index (χ1v) is 8.13. The molecule has 5 nitrogen and oxygen atoms in total. The van der Waals surface area contributed by atoms with Gasteiger partial charge in [0.25, 0.3) is 5.91 Å². The Morgan fingerprint density at radius 1 is 1.21 bits per heavy atom. The van der Waals surface area contributed by atoms with E-state index in [1.54, 1.807) is 13.1 Å². The van der Waals surface area contributed by atoms with Crippen molar-refractivity contribution in [1.29, 1.82) is 0 Å². The molecule has 5 heteroatoms. The van der Waals surface area contributed by atoms with E-state index < -0.39 is 6.10 Å². The van der Waals surface area contributed by atoms with Crippen LogP contribution >= 0.6 is 0 Å².